The van der Waals surface area contributed by atoms with E-state index < -0.39 is 17.7 Å². The molecular formula is C7H11F2NO. The van der Waals surface area contributed by atoms with Crippen LogP contribution in [-0.2, 0) is 4.79 Å². The highest BCUT2D eigenvalue weighted by Gasteiger charge is 2.46. The van der Waals surface area contributed by atoms with Gasteiger partial charge in [0.05, 0.1) is 0 Å². The molecular weight excluding hydrogens is 152 g/mol. The third-order valence-electron chi connectivity index (χ3n) is 2.15. The van der Waals surface area contributed by atoms with Crippen molar-refractivity contribution in [1.82, 2.24) is 0 Å². The van der Waals surface area contributed by atoms with Crippen molar-refractivity contribution in [2.75, 3.05) is 0 Å². The second kappa shape index (κ2) is 2.75. The molecule has 0 saturated heterocycles. The van der Waals surface area contributed by atoms with Crippen molar-refractivity contribution in [3.63, 3.8) is 0 Å². The predicted octanol–water partition coefficient (Wildman–Crippen LogP) is 1.09. The number of halogens is 2. The molecule has 0 aromatic rings. The molecule has 2 nitrogen and oxygen atoms in total. The largest absolute Gasteiger partial charge is 0.367 e. The van der Waals surface area contributed by atoms with Crippen LogP contribution in [0.15, 0.2) is 0 Å². The summed E-state index contributed by atoms with van der Waals surface area (Å²) in [6.45, 7) is 0. The van der Waals surface area contributed by atoms with Crippen LogP contribution < -0.4 is 5.73 Å². The summed E-state index contributed by atoms with van der Waals surface area (Å²) in [6.07, 6.45) is -0.475. The van der Waals surface area contributed by atoms with E-state index in [1.807, 2.05) is 0 Å². The number of nitrogens with two attached hydrogens (primary N) is 1. The van der Waals surface area contributed by atoms with Crippen molar-refractivity contribution in [2.45, 2.75) is 37.5 Å². The molecule has 0 aromatic heterocycles. The molecule has 1 saturated carbocycles. The molecule has 0 bridgehead atoms. The monoisotopic (exact) mass is 163 g/mol. The molecule has 4 heteroatoms. The summed E-state index contributed by atoms with van der Waals surface area (Å²) in [4.78, 5) is 10.5. The Hall–Kier alpha value is -0.670. The Labute approximate surface area is 63.8 Å². The Bertz CT molecular complexity index is 174. The predicted molar refractivity (Wildman–Crippen MR) is 36.4 cm³/mol. The topological polar surface area (TPSA) is 43.1 Å². The molecule has 2 unspecified atom stereocenters. The van der Waals surface area contributed by atoms with E-state index in [0.717, 1.165) is 0 Å². The lowest BCUT2D eigenvalue weighted by Gasteiger charge is -2.29. The van der Waals surface area contributed by atoms with Gasteiger partial charge in [-0.3, -0.25) is 4.79 Å². The average Bonchev–Trinajstić information content (AvgIpc) is 1.95. The first kappa shape index (κ1) is 8.43. The van der Waals surface area contributed by atoms with Crippen LogP contribution in [0, 0.1) is 0 Å². The fraction of sp³-hybridized carbons (Fsp3) is 0.857. The summed E-state index contributed by atoms with van der Waals surface area (Å²) in [7, 11) is 0. The molecule has 11 heavy (non-hydrogen) atoms. The van der Waals surface area contributed by atoms with Crippen molar-refractivity contribution < 1.29 is 13.6 Å². The smallest absolute Gasteiger partial charge is 0.258 e. The third-order valence-corrected chi connectivity index (χ3v) is 2.15. The maximum atomic E-state index is 13.2. The van der Waals surface area contributed by atoms with Gasteiger partial charge in [-0.15, -0.1) is 0 Å². The average molecular weight is 163 g/mol. The first-order chi connectivity index (χ1) is 5.07. The molecule has 1 amide bonds. The van der Waals surface area contributed by atoms with Crippen LogP contribution in [0.25, 0.3) is 0 Å². The summed E-state index contributed by atoms with van der Waals surface area (Å²) in [5, 5.41) is 0. The molecule has 1 aliphatic rings. The third kappa shape index (κ3) is 1.34. The van der Waals surface area contributed by atoms with E-state index in [4.69, 9.17) is 5.73 Å². The van der Waals surface area contributed by atoms with Crippen molar-refractivity contribution in [3.05, 3.63) is 0 Å². The van der Waals surface area contributed by atoms with Gasteiger partial charge in [0.25, 0.3) is 5.91 Å². The molecule has 0 radical (unpaired) electrons. The molecule has 0 aromatic carbocycles. The number of carbonyl (C=O) groups excluding carboxylic acids is 1. The van der Waals surface area contributed by atoms with Crippen LogP contribution in [0.5, 0.6) is 0 Å². The van der Waals surface area contributed by atoms with Crippen LogP contribution in [0.1, 0.15) is 25.7 Å². The van der Waals surface area contributed by atoms with Crippen LogP contribution in [-0.4, -0.2) is 17.7 Å². The van der Waals surface area contributed by atoms with Crippen molar-refractivity contribution in [3.8, 4) is 0 Å². The van der Waals surface area contributed by atoms with E-state index >= 15 is 0 Å². The quantitative estimate of drug-likeness (QED) is 0.617. The molecule has 0 heterocycles. The molecule has 1 rings (SSSR count). The van der Waals surface area contributed by atoms with Crippen molar-refractivity contribution in [2.24, 2.45) is 5.73 Å². The maximum absolute atomic E-state index is 13.2. The molecule has 2 N–H and O–H groups in total. The Morgan fingerprint density at radius 1 is 1.55 bits per heavy atom. The molecule has 0 spiro atoms. The number of alkyl halides is 2. The Balaban J connectivity index is 2.72. The highest BCUT2D eigenvalue weighted by molar-refractivity contribution is 5.84. The summed E-state index contributed by atoms with van der Waals surface area (Å²) in [6, 6.07) is 0. The lowest BCUT2D eigenvalue weighted by Crippen LogP contribution is -2.49. The summed E-state index contributed by atoms with van der Waals surface area (Å²) in [5.74, 6) is -1.16. The first-order valence-electron chi connectivity index (χ1n) is 3.70. The minimum atomic E-state index is -2.39. The highest BCUT2D eigenvalue weighted by atomic mass is 19.2. The fourth-order valence-corrected chi connectivity index (χ4v) is 1.37. The maximum Gasteiger partial charge on any atom is 0.258 e. The van der Waals surface area contributed by atoms with Gasteiger partial charge in [-0.25, -0.2) is 8.78 Å². The summed E-state index contributed by atoms with van der Waals surface area (Å²) in [5.41, 5.74) is 2.35. The highest BCUT2D eigenvalue weighted by Crippen LogP contribution is 2.33. The molecule has 1 aliphatic carbocycles. The fourth-order valence-electron chi connectivity index (χ4n) is 1.37. The number of carbonyl (C=O) groups is 1. The number of hydrogen-bond acceptors (Lipinski definition) is 1. The van der Waals surface area contributed by atoms with Gasteiger partial charge < -0.3 is 5.73 Å². The number of amides is 1. The van der Waals surface area contributed by atoms with Crippen LogP contribution in [0.4, 0.5) is 8.78 Å². The van der Waals surface area contributed by atoms with Gasteiger partial charge in [0.1, 0.15) is 6.17 Å². The minimum absolute atomic E-state index is 0.0660. The van der Waals surface area contributed by atoms with Gasteiger partial charge in [0, 0.05) is 0 Å². The van der Waals surface area contributed by atoms with Gasteiger partial charge in [-0.1, -0.05) is 6.42 Å². The standard InChI is InChI=1S/C7H11F2NO/c8-5-3-1-2-4-7(5,9)6(10)11/h5H,1-4H2,(H2,10,11). The van der Waals surface area contributed by atoms with Crippen LogP contribution in [0.2, 0.25) is 0 Å². The van der Waals surface area contributed by atoms with E-state index in [9.17, 15) is 13.6 Å². The van der Waals surface area contributed by atoms with Gasteiger partial charge >= 0.3 is 0 Å². The SMILES string of the molecule is NC(=O)C1(F)CCCCC1F. The van der Waals surface area contributed by atoms with E-state index in [2.05, 4.69) is 0 Å². The molecule has 0 aliphatic heterocycles. The summed E-state index contributed by atoms with van der Waals surface area (Å²) < 4.78 is 26.0. The second-order valence-electron chi connectivity index (χ2n) is 2.94. The van der Waals surface area contributed by atoms with E-state index in [-0.39, 0.29) is 12.8 Å². The Morgan fingerprint density at radius 3 is 2.55 bits per heavy atom. The van der Waals surface area contributed by atoms with Crippen molar-refractivity contribution in [1.29, 1.82) is 0 Å². The van der Waals surface area contributed by atoms with Gasteiger partial charge in [-0.2, -0.15) is 0 Å². The van der Waals surface area contributed by atoms with Gasteiger partial charge in [-0.05, 0) is 19.3 Å². The Kier molecular flexibility index (Phi) is 2.11. The zero-order valence-corrected chi connectivity index (χ0v) is 6.15. The number of hydrogen-bond donors (Lipinski definition) is 1. The molecule has 64 valence electrons. The lowest BCUT2D eigenvalue weighted by molar-refractivity contribution is -0.136. The zero-order chi connectivity index (χ0) is 8.48. The second-order valence-corrected chi connectivity index (χ2v) is 2.94. The van der Waals surface area contributed by atoms with E-state index in [1.54, 1.807) is 0 Å². The normalized spacial score (nSPS) is 38.5. The zero-order valence-electron chi connectivity index (χ0n) is 6.15. The van der Waals surface area contributed by atoms with E-state index in [0.29, 0.717) is 12.8 Å². The first-order valence-corrected chi connectivity index (χ1v) is 3.70. The Morgan fingerprint density at radius 2 is 2.18 bits per heavy atom. The minimum Gasteiger partial charge on any atom is -0.367 e. The van der Waals surface area contributed by atoms with Gasteiger partial charge in [0.2, 0.25) is 5.67 Å². The summed E-state index contributed by atoms with van der Waals surface area (Å²) >= 11 is 0. The lowest BCUT2D eigenvalue weighted by atomic mass is 9.84. The number of primary amides is 1. The van der Waals surface area contributed by atoms with Crippen LogP contribution >= 0.6 is 0 Å². The molecule has 1 fully saturated rings. The van der Waals surface area contributed by atoms with Gasteiger partial charge in [0.15, 0.2) is 0 Å². The van der Waals surface area contributed by atoms with Crippen molar-refractivity contribution >= 4 is 5.91 Å². The number of rotatable bonds is 1. The van der Waals surface area contributed by atoms with E-state index in [1.165, 1.54) is 0 Å². The molecule has 2 atom stereocenters. The van der Waals surface area contributed by atoms with Crippen LogP contribution in [0.3, 0.4) is 0 Å².